The molecule has 3 rings (SSSR count). The highest BCUT2D eigenvalue weighted by atomic mass is 16.5. The van der Waals surface area contributed by atoms with Crippen molar-refractivity contribution in [1.82, 2.24) is 4.98 Å². The Hall–Kier alpha value is -3.12. The van der Waals surface area contributed by atoms with E-state index in [0.29, 0.717) is 38.4 Å². The van der Waals surface area contributed by atoms with Gasteiger partial charge in [-0.3, -0.25) is 0 Å². The van der Waals surface area contributed by atoms with Gasteiger partial charge in [0.1, 0.15) is 11.5 Å². The standard InChI is InChI=1S/C25H29NO5/c1-4-25(24(27)28,30-5-2)17-19-11-13-21(14-12-19)29-16-15-22-18(3)31-23(26-22)20-9-7-6-8-10-20/h6-14H,4-5,15-17H2,1-3H3,(H,27,28)/t25-/m0/s1. The van der Waals surface area contributed by atoms with Crippen molar-refractivity contribution in [2.45, 2.75) is 45.6 Å². The number of benzene rings is 2. The highest BCUT2D eigenvalue weighted by Crippen LogP contribution is 2.25. The molecule has 0 amide bonds. The van der Waals surface area contributed by atoms with Gasteiger partial charge in [0, 0.05) is 25.0 Å². The van der Waals surface area contributed by atoms with Crippen LogP contribution >= 0.6 is 0 Å². The fraction of sp³-hybridized carbons (Fsp3) is 0.360. The van der Waals surface area contributed by atoms with E-state index in [9.17, 15) is 9.90 Å². The first kappa shape index (κ1) is 22.6. The van der Waals surface area contributed by atoms with Crippen LogP contribution in [0.25, 0.3) is 11.5 Å². The smallest absolute Gasteiger partial charge is 0.336 e. The molecule has 1 aromatic heterocycles. The molecule has 0 fully saturated rings. The second-order valence-corrected chi connectivity index (χ2v) is 7.39. The van der Waals surface area contributed by atoms with E-state index in [4.69, 9.17) is 13.9 Å². The van der Waals surface area contributed by atoms with Gasteiger partial charge in [-0.15, -0.1) is 0 Å². The van der Waals surface area contributed by atoms with E-state index in [-0.39, 0.29) is 0 Å². The second kappa shape index (κ2) is 10.3. The third-order valence-electron chi connectivity index (χ3n) is 5.32. The van der Waals surface area contributed by atoms with Crippen molar-refractivity contribution in [3.8, 4) is 17.2 Å². The van der Waals surface area contributed by atoms with E-state index < -0.39 is 11.6 Å². The number of carboxylic acids is 1. The van der Waals surface area contributed by atoms with Crippen molar-refractivity contribution >= 4 is 5.97 Å². The van der Waals surface area contributed by atoms with Crippen molar-refractivity contribution < 1.29 is 23.8 Å². The lowest BCUT2D eigenvalue weighted by Crippen LogP contribution is -2.43. The zero-order valence-electron chi connectivity index (χ0n) is 18.3. The van der Waals surface area contributed by atoms with Gasteiger partial charge in [0.05, 0.1) is 12.3 Å². The number of carboxylic acid groups (broad SMARTS) is 1. The summed E-state index contributed by atoms with van der Waals surface area (Å²) >= 11 is 0. The third-order valence-corrected chi connectivity index (χ3v) is 5.32. The fourth-order valence-electron chi connectivity index (χ4n) is 3.51. The second-order valence-electron chi connectivity index (χ2n) is 7.39. The van der Waals surface area contributed by atoms with Crippen LogP contribution < -0.4 is 4.74 Å². The molecule has 6 heteroatoms. The fourth-order valence-corrected chi connectivity index (χ4v) is 3.51. The first-order chi connectivity index (χ1) is 15.0. The monoisotopic (exact) mass is 423 g/mol. The Labute approximate surface area is 182 Å². The molecule has 1 N–H and O–H groups in total. The molecular weight excluding hydrogens is 394 g/mol. The van der Waals surface area contributed by atoms with E-state index in [0.717, 1.165) is 28.3 Å². The lowest BCUT2D eigenvalue weighted by Gasteiger charge is -2.28. The average Bonchev–Trinajstić information content (AvgIpc) is 3.15. The highest BCUT2D eigenvalue weighted by molar-refractivity contribution is 5.78. The Morgan fingerprint density at radius 2 is 1.81 bits per heavy atom. The Kier molecular flexibility index (Phi) is 7.47. The summed E-state index contributed by atoms with van der Waals surface area (Å²) in [5, 5.41) is 9.63. The number of hydrogen-bond donors (Lipinski definition) is 1. The summed E-state index contributed by atoms with van der Waals surface area (Å²) < 4.78 is 17.2. The normalized spacial score (nSPS) is 13.0. The SMILES string of the molecule is CCO[C@@](CC)(Cc1ccc(OCCc2nc(-c3ccccc3)oc2C)cc1)C(=O)O. The summed E-state index contributed by atoms with van der Waals surface area (Å²) in [5.74, 6) is 1.19. The molecule has 0 aliphatic carbocycles. The third kappa shape index (κ3) is 5.52. The van der Waals surface area contributed by atoms with E-state index in [1.54, 1.807) is 0 Å². The van der Waals surface area contributed by atoms with Gasteiger partial charge >= 0.3 is 5.97 Å². The summed E-state index contributed by atoms with van der Waals surface area (Å²) in [7, 11) is 0. The molecule has 0 saturated heterocycles. The minimum Gasteiger partial charge on any atom is -0.493 e. The van der Waals surface area contributed by atoms with Crippen LogP contribution in [0.5, 0.6) is 5.75 Å². The van der Waals surface area contributed by atoms with Crippen LogP contribution in [0.15, 0.2) is 59.0 Å². The molecule has 164 valence electrons. The first-order valence-corrected chi connectivity index (χ1v) is 10.6. The molecule has 0 aliphatic heterocycles. The molecule has 1 atom stereocenters. The topological polar surface area (TPSA) is 81.8 Å². The molecule has 0 bridgehead atoms. The van der Waals surface area contributed by atoms with Gasteiger partial charge in [0.25, 0.3) is 0 Å². The number of aromatic nitrogens is 1. The van der Waals surface area contributed by atoms with Crippen LogP contribution in [0.2, 0.25) is 0 Å². The number of hydrogen-bond acceptors (Lipinski definition) is 5. The molecule has 0 aliphatic rings. The number of rotatable bonds is 11. The van der Waals surface area contributed by atoms with Crippen molar-refractivity contribution in [3.05, 3.63) is 71.6 Å². The lowest BCUT2D eigenvalue weighted by molar-refractivity contribution is -0.166. The zero-order valence-corrected chi connectivity index (χ0v) is 18.3. The molecule has 0 unspecified atom stereocenters. The molecular formula is C25H29NO5. The van der Waals surface area contributed by atoms with E-state index in [1.165, 1.54) is 0 Å². The van der Waals surface area contributed by atoms with Crippen molar-refractivity contribution in [3.63, 3.8) is 0 Å². The van der Waals surface area contributed by atoms with Crippen LogP contribution in [0.3, 0.4) is 0 Å². The maximum Gasteiger partial charge on any atom is 0.336 e. The number of oxazole rings is 1. The van der Waals surface area contributed by atoms with Crippen molar-refractivity contribution in [1.29, 1.82) is 0 Å². The first-order valence-electron chi connectivity index (χ1n) is 10.6. The van der Waals surface area contributed by atoms with E-state index >= 15 is 0 Å². The number of ether oxygens (including phenoxy) is 2. The maximum atomic E-state index is 11.7. The predicted molar refractivity (Wildman–Crippen MR) is 118 cm³/mol. The van der Waals surface area contributed by atoms with Gasteiger partial charge in [-0.05, 0) is 50.1 Å². The van der Waals surface area contributed by atoms with Crippen LogP contribution in [0.4, 0.5) is 0 Å². The van der Waals surface area contributed by atoms with Gasteiger partial charge in [-0.2, -0.15) is 0 Å². The van der Waals surface area contributed by atoms with E-state index in [2.05, 4.69) is 4.98 Å². The van der Waals surface area contributed by atoms with Gasteiger partial charge in [0.15, 0.2) is 5.60 Å². The van der Waals surface area contributed by atoms with Gasteiger partial charge in [-0.1, -0.05) is 37.3 Å². The summed E-state index contributed by atoms with van der Waals surface area (Å²) in [6.07, 6.45) is 1.34. The van der Waals surface area contributed by atoms with Gasteiger partial charge in [0.2, 0.25) is 5.89 Å². The Balaban J connectivity index is 1.58. The van der Waals surface area contributed by atoms with E-state index in [1.807, 2.05) is 75.4 Å². The zero-order chi connectivity index (χ0) is 22.3. The van der Waals surface area contributed by atoms with Crippen molar-refractivity contribution in [2.24, 2.45) is 0 Å². The highest BCUT2D eigenvalue weighted by Gasteiger charge is 2.37. The minimum atomic E-state index is -1.20. The Morgan fingerprint density at radius 3 is 2.42 bits per heavy atom. The van der Waals surface area contributed by atoms with Gasteiger partial charge < -0.3 is 19.0 Å². The number of aliphatic carboxylic acids is 1. The number of aryl methyl sites for hydroxylation is 1. The predicted octanol–water partition coefficient (Wildman–Crippen LogP) is 5.08. The largest absolute Gasteiger partial charge is 0.493 e. The summed E-state index contributed by atoms with van der Waals surface area (Å²) in [6, 6.07) is 17.3. The summed E-state index contributed by atoms with van der Waals surface area (Å²) in [5.41, 5.74) is 1.52. The molecule has 0 spiro atoms. The molecule has 1 heterocycles. The molecule has 2 aromatic carbocycles. The van der Waals surface area contributed by atoms with Crippen molar-refractivity contribution in [2.75, 3.05) is 13.2 Å². The minimum absolute atomic E-state index is 0.313. The average molecular weight is 424 g/mol. The van der Waals surface area contributed by atoms with Crippen LogP contribution in [-0.2, 0) is 22.4 Å². The van der Waals surface area contributed by atoms with Gasteiger partial charge in [-0.25, -0.2) is 9.78 Å². The van der Waals surface area contributed by atoms with Crippen LogP contribution in [0.1, 0.15) is 37.3 Å². The number of carbonyl (C=O) groups is 1. The molecule has 6 nitrogen and oxygen atoms in total. The summed E-state index contributed by atoms with van der Waals surface area (Å²) in [6.45, 7) is 6.37. The molecule has 3 aromatic rings. The molecule has 0 radical (unpaired) electrons. The van der Waals surface area contributed by atoms with Crippen LogP contribution in [0, 0.1) is 6.92 Å². The Morgan fingerprint density at radius 1 is 1.10 bits per heavy atom. The molecule has 0 saturated carbocycles. The van der Waals surface area contributed by atoms with Crippen LogP contribution in [-0.4, -0.2) is 34.9 Å². The molecule has 31 heavy (non-hydrogen) atoms. The Bertz CT molecular complexity index is 981. The quantitative estimate of drug-likeness (QED) is 0.463. The lowest BCUT2D eigenvalue weighted by atomic mass is 9.91. The maximum absolute atomic E-state index is 11.7. The number of nitrogens with zero attached hydrogens (tertiary/aromatic N) is 1. The summed E-state index contributed by atoms with van der Waals surface area (Å²) in [4.78, 5) is 16.3.